The average Bonchev–Trinajstić information content (AvgIpc) is 3.12. The summed E-state index contributed by atoms with van der Waals surface area (Å²) in [5, 5.41) is -0.331. The van der Waals surface area contributed by atoms with Gasteiger partial charge in [-0.2, -0.15) is 13.8 Å². The van der Waals surface area contributed by atoms with Crippen LogP contribution < -0.4 is 4.74 Å². The monoisotopic (exact) mass is 382 g/mol. The number of benzene rings is 2. The maximum absolute atomic E-state index is 12.9. The van der Waals surface area contributed by atoms with Crippen LogP contribution in [0.25, 0.3) is 11.4 Å². The van der Waals surface area contributed by atoms with Gasteiger partial charge in [0.1, 0.15) is 11.6 Å². The molecule has 1 heterocycles. The highest BCUT2D eigenvalue weighted by Gasteiger charge is 2.35. The topological polar surface area (TPSA) is 65.2 Å². The second-order valence-corrected chi connectivity index (χ2v) is 5.64. The third-order valence-electron chi connectivity index (χ3n) is 3.32. The van der Waals surface area contributed by atoms with Crippen LogP contribution in [0.3, 0.4) is 0 Å². The predicted molar refractivity (Wildman–Crippen MR) is 85.7 cm³/mol. The first kappa shape index (κ1) is 17.9. The summed E-state index contributed by atoms with van der Waals surface area (Å²) < 4.78 is 48.3. The number of hydrogen-bond acceptors (Lipinski definition) is 5. The maximum atomic E-state index is 12.9. The molecule has 0 radical (unpaired) electrons. The van der Waals surface area contributed by atoms with E-state index in [1.54, 1.807) is 0 Å². The van der Waals surface area contributed by atoms with Crippen molar-refractivity contribution in [3.05, 3.63) is 65.8 Å². The highest BCUT2D eigenvalue weighted by molar-refractivity contribution is 6.21. The van der Waals surface area contributed by atoms with Crippen molar-refractivity contribution in [3.8, 4) is 17.1 Å². The Morgan fingerprint density at radius 1 is 1.12 bits per heavy atom. The van der Waals surface area contributed by atoms with Gasteiger partial charge >= 0.3 is 11.3 Å². The Balaban J connectivity index is 1.66. The molecule has 0 spiro atoms. The fraction of sp³-hybridized carbons (Fsp3) is 0.118. The van der Waals surface area contributed by atoms with Crippen LogP contribution in [-0.2, 0) is 5.38 Å². The minimum absolute atomic E-state index is 0.0816. The zero-order valence-electron chi connectivity index (χ0n) is 13.0. The molecule has 2 aromatic carbocycles. The molecule has 3 aromatic rings. The molecule has 0 saturated heterocycles. The summed E-state index contributed by atoms with van der Waals surface area (Å²) in [4.78, 5) is 15.6. The molecule has 0 saturated carbocycles. The number of hydrogen-bond donors (Lipinski definition) is 0. The van der Waals surface area contributed by atoms with E-state index < -0.39 is 17.1 Å². The summed E-state index contributed by atoms with van der Waals surface area (Å²) in [6.07, 6.45) is 0. The first-order valence-electron chi connectivity index (χ1n) is 7.26. The minimum atomic E-state index is -3.75. The van der Waals surface area contributed by atoms with Crippen LogP contribution in [0, 0.1) is 5.82 Å². The maximum Gasteiger partial charge on any atom is 0.400 e. The van der Waals surface area contributed by atoms with Crippen LogP contribution >= 0.6 is 11.6 Å². The molecule has 0 N–H and O–H groups in total. The van der Waals surface area contributed by atoms with E-state index >= 15 is 0 Å². The Labute approximate surface area is 150 Å². The molecule has 5 nitrogen and oxygen atoms in total. The largest absolute Gasteiger partial charge is 0.485 e. The molecule has 0 unspecified atom stereocenters. The quantitative estimate of drug-likeness (QED) is 0.466. The van der Waals surface area contributed by atoms with Gasteiger partial charge in [-0.25, -0.2) is 4.39 Å². The van der Waals surface area contributed by atoms with Crippen molar-refractivity contribution in [2.75, 3.05) is 6.61 Å². The molecule has 3 rings (SSSR count). The number of alkyl halides is 3. The molecule has 134 valence electrons. The molecule has 0 amide bonds. The van der Waals surface area contributed by atoms with Crippen molar-refractivity contribution in [1.82, 2.24) is 10.1 Å². The van der Waals surface area contributed by atoms with Gasteiger partial charge in [0, 0.05) is 11.1 Å². The number of aromatic nitrogens is 2. The molecule has 26 heavy (non-hydrogen) atoms. The van der Waals surface area contributed by atoms with Gasteiger partial charge in [0.05, 0.1) is 0 Å². The summed E-state index contributed by atoms with van der Waals surface area (Å²) in [5.41, 5.74) is 0.708. The Hall–Kier alpha value is -2.87. The molecule has 9 heteroatoms. The molecule has 0 fully saturated rings. The Bertz CT molecular complexity index is 906. The van der Waals surface area contributed by atoms with Crippen molar-refractivity contribution in [1.29, 1.82) is 0 Å². The smallest absolute Gasteiger partial charge is 0.400 e. The first-order chi connectivity index (χ1) is 12.3. The van der Waals surface area contributed by atoms with Crippen molar-refractivity contribution in [2.45, 2.75) is 5.38 Å². The van der Waals surface area contributed by atoms with E-state index in [-0.39, 0.29) is 18.2 Å². The van der Waals surface area contributed by atoms with Gasteiger partial charge in [0.15, 0.2) is 12.4 Å². The Morgan fingerprint density at radius 2 is 1.77 bits per heavy atom. The SMILES string of the molecule is O=C(COc1ccc(F)cc1)c1ccc(-c2noc(C(F)(F)Cl)n2)cc1. The lowest BCUT2D eigenvalue weighted by Crippen LogP contribution is -2.11. The number of halogens is 4. The number of carbonyl (C=O) groups is 1. The Kier molecular flexibility index (Phi) is 4.94. The number of rotatable bonds is 6. The lowest BCUT2D eigenvalue weighted by atomic mass is 10.1. The molecule has 0 bridgehead atoms. The molecular weight excluding hydrogens is 373 g/mol. The number of Topliss-reactive ketones (excluding diaryl/α,β-unsaturated/α-hetero) is 1. The number of nitrogens with zero attached hydrogens (tertiary/aromatic N) is 2. The summed E-state index contributed by atoms with van der Waals surface area (Å²) >= 11 is 4.81. The van der Waals surface area contributed by atoms with Gasteiger partial charge in [-0.05, 0) is 35.9 Å². The van der Waals surface area contributed by atoms with Crippen molar-refractivity contribution in [3.63, 3.8) is 0 Å². The van der Waals surface area contributed by atoms with Crippen molar-refractivity contribution >= 4 is 17.4 Å². The van der Waals surface area contributed by atoms with Gasteiger partial charge in [-0.15, -0.1) is 0 Å². The van der Waals surface area contributed by atoms with Crippen LogP contribution in [0.5, 0.6) is 5.75 Å². The van der Waals surface area contributed by atoms with Crippen molar-refractivity contribution in [2.24, 2.45) is 0 Å². The third kappa shape index (κ3) is 4.20. The normalized spacial score (nSPS) is 11.4. The van der Waals surface area contributed by atoms with Gasteiger partial charge in [0.25, 0.3) is 0 Å². The number of carbonyl (C=O) groups excluding carboxylic acids is 1. The highest BCUT2D eigenvalue weighted by Crippen LogP contribution is 2.32. The Morgan fingerprint density at radius 3 is 2.35 bits per heavy atom. The number of ketones is 1. The average molecular weight is 383 g/mol. The van der Waals surface area contributed by atoms with Crippen LogP contribution in [0.15, 0.2) is 53.1 Å². The summed E-state index contributed by atoms with van der Waals surface area (Å²) in [7, 11) is 0. The third-order valence-corrected chi connectivity index (χ3v) is 3.48. The molecule has 0 aliphatic rings. The zero-order chi connectivity index (χ0) is 18.7. The van der Waals surface area contributed by atoms with Gasteiger partial charge in [-0.1, -0.05) is 29.4 Å². The molecule has 0 aliphatic carbocycles. The summed E-state index contributed by atoms with van der Waals surface area (Å²) in [6.45, 7) is -0.240. The summed E-state index contributed by atoms with van der Waals surface area (Å²) in [5.74, 6) is -1.46. The van der Waals surface area contributed by atoms with E-state index in [4.69, 9.17) is 16.3 Å². The first-order valence-corrected chi connectivity index (χ1v) is 7.63. The van der Waals surface area contributed by atoms with E-state index in [2.05, 4.69) is 14.7 Å². The molecule has 0 aliphatic heterocycles. The van der Waals surface area contributed by atoms with E-state index in [1.807, 2.05) is 0 Å². The van der Waals surface area contributed by atoms with Gasteiger partial charge in [0.2, 0.25) is 5.82 Å². The van der Waals surface area contributed by atoms with E-state index in [9.17, 15) is 18.0 Å². The van der Waals surface area contributed by atoms with Gasteiger partial charge < -0.3 is 9.26 Å². The number of ether oxygens (including phenoxy) is 1. The van der Waals surface area contributed by atoms with E-state index in [1.165, 1.54) is 48.5 Å². The molecule has 1 aromatic heterocycles. The standard InChI is InChI=1S/C17H10ClF3N2O3/c18-17(20,21)16-22-15(23-26-16)11-3-1-10(2-4-11)14(24)9-25-13-7-5-12(19)6-8-13/h1-8H,9H2. The predicted octanol–water partition coefficient (Wildman–Crippen LogP) is 4.43. The lowest BCUT2D eigenvalue weighted by Gasteiger charge is -2.05. The van der Waals surface area contributed by atoms with Crippen LogP contribution in [0.2, 0.25) is 0 Å². The van der Waals surface area contributed by atoms with Crippen LogP contribution in [0.4, 0.5) is 13.2 Å². The van der Waals surface area contributed by atoms with Crippen LogP contribution in [-0.4, -0.2) is 22.5 Å². The van der Waals surface area contributed by atoms with E-state index in [0.717, 1.165) is 0 Å². The van der Waals surface area contributed by atoms with Crippen molar-refractivity contribution < 1.29 is 27.2 Å². The minimum Gasteiger partial charge on any atom is -0.485 e. The fourth-order valence-corrected chi connectivity index (χ4v) is 2.10. The summed E-state index contributed by atoms with van der Waals surface area (Å²) in [6, 6.07) is 11.2. The van der Waals surface area contributed by atoms with E-state index in [0.29, 0.717) is 16.9 Å². The van der Waals surface area contributed by atoms with Gasteiger partial charge in [-0.3, -0.25) is 4.79 Å². The fourth-order valence-electron chi connectivity index (χ4n) is 2.02. The van der Waals surface area contributed by atoms with Crippen LogP contribution in [0.1, 0.15) is 16.2 Å². The zero-order valence-corrected chi connectivity index (χ0v) is 13.7. The second kappa shape index (κ2) is 7.17. The lowest BCUT2D eigenvalue weighted by molar-refractivity contribution is 0.0551. The molecule has 0 atom stereocenters. The molecular formula is C17H10ClF3N2O3. The highest BCUT2D eigenvalue weighted by atomic mass is 35.5. The second-order valence-electron chi connectivity index (χ2n) is 5.16.